The van der Waals surface area contributed by atoms with Crippen molar-refractivity contribution in [1.29, 1.82) is 0 Å². The first-order valence-electron chi connectivity index (χ1n) is 17.9. The minimum Gasteiger partial charge on any atom is -0.456 e. The average molecular weight is 711 g/mol. The van der Waals surface area contributed by atoms with Crippen molar-refractivity contribution in [1.82, 2.24) is 19.5 Å². The van der Waals surface area contributed by atoms with Gasteiger partial charge < -0.3 is 13.4 Å². The van der Waals surface area contributed by atoms with Crippen LogP contribution in [0.15, 0.2) is 176 Å². The summed E-state index contributed by atoms with van der Waals surface area (Å²) in [5.74, 6) is 1.32. The summed E-state index contributed by atoms with van der Waals surface area (Å²) in [5.41, 5.74) is 5.59. The molecule has 0 unspecified atom stereocenters. The highest BCUT2D eigenvalue weighted by Gasteiger charge is 2.21. The van der Waals surface area contributed by atoms with Crippen LogP contribution in [0, 0.1) is 0 Å². The number of benzene rings is 7. The van der Waals surface area contributed by atoms with E-state index in [0.717, 1.165) is 32.9 Å². The van der Waals surface area contributed by atoms with Gasteiger partial charge in [-0.15, -0.1) is 0 Å². The van der Waals surface area contributed by atoms with Crippen molar-refractivity contribution in [2.24, 2.45) is 0 Å². The van der Waals surface area contributed by atoms with Crippen LogP contribution >= 0.6 is 0 Å². The molecule has 7 aromatic carbocycles. The molecule has 0 aliphatic carbocycles. The van der Waals surface area contributed by atoms with E-state index >= 15 is 0 Å². The topological polar surface area (TPSA) is 104 Å². The zero-order chi connectivity index (χ0) is 36.6. The largest absolute Gasteiger partial charge is 0.456 e. The quantitative estimate of drug-likeness (QED) is 0.167. The summed E-state index contributed by atoms with van der Waals surface area (Å²) in [6.45, 7) is 0. The molecular weight excluding hydrogens is 685 g/mol. The van der Waals surface area contributed by atoms with Gasteiger partial charge in [0.05, 0.1) is 43.8 Å². The second-order valence-electron chi connectivity index (χ2n) is 13.4. The molecule has 8 nitrogen and oxygen atoms in total. The molecule has 0 aliphatic rings. The van der Waals surface area contributed by atoms with Gasteiger partial charge in [-0.3, -0.25) is 9.59 Å². The van der Waals surface area contributed by atoms with Crippen molar-refractivity contribution >= 4 is 65.7 Å². The summed E-state index contributed by atoms with van der Waals surface area (Å²) in [6.07, 6.45) is 0. The van der Waals surface area contributed by atoms with Crippen molar-refractivity contribution in [2.75, 3.05) is 0 Å². The van der Waals surface area contributed by atoms with E-state index < -0.39 is 0 Å². The van der Waals surface area contributed by atoms with Crippen LogP contribution in [0.1, 0.15) is 0 Å². The second-order valence-corrected chi connectivity index (χ2v) is 13.4. The highest BCUT2D eigenvalue weighted by Crippen LogP contribution is 2.36. The molecule has 0 N–H and O–H groups in total. The third-order valence-corrected chi connectivity index (χ3v) is 10.3. The van der Waals surface area contributed by atoms with Crippen LogP contribution in [-0.2, 0) is 0 Å². The van der Waals surface area contributed by atoms with Gasteiger partial charge in [0.1, 0.15) is 22.3 Å². The Bertz CT molecular complexity index is 3370. The van der Waals surface area contributed by atoms with Crippen LogP contribution in [0.3, 0.4) is 0 Å². The molecule has 0 atom stereocenters. The fourth-order valence-electron chi connectivity index (χ4n) is 7.72. The first-order chi connectivity index (χ1) is 27.1. The molecule has 0 aliphatic heterocycles. The van der Waals surface area contributed by atoms with Gasteiger partial charge >= 0.3 is 0 Å². The molecular formula is C47H26N4O4. The number of para-hydroxylation sites is 3. The molecule has 0 spiro atoms. The summed E-state index contributed by atoms with van der Waals surface area (Å²) < 4.78 is 15.2. The lowest BCUT2D eigenvalue weighted by Crippen LogP contribution is -2.09. The molecule has 0 saturated heterocycles. The lowest BCUT2D eigenvalue weighted by atomic mass is 10.0. The number of hydrogen-bond donors (Lipinski definition) is 0. The summed E-state index contributed by atoms with van der Waals surface area (Å²) >= 11 is 0. The zero-order valence-electron chi connectivity index (χ0n) is 28.9. The van der Waals surface area contributed by atoms with Crippen LogP contribution in [-0.4, -0.2) is 19.5 Å². The summed E-state index contributed by atoms with van der Waals surface area (Å²) in [5, 5.41) is 3.54. The average Bonchev–Trinajstić information content (AvgIpc) is 3.58. The van der Waals surface area contributed by atoms with Crippen molar-refractivity contribution < 1.29 is 8.83 Å². The van der Waals surface area contributed by atoms with Crippen LogP contribution in [0.5, 0.6) is 0 Å². The fourth-order valence-corrected chi connectivity index (χ4v) is 7.72. The molecule has 4 heterocycles. The van der Waals surface area contributed by atoms with Crippen LogP contribution in [0.25, 0.3) is 106 Å². The van der Waals surface area contributed by atoms with Gasteiger partial charge in [-0.05, 0) is 48.5 Å². The molecule has 4 aromatic heterocycles. The Labute approximate surface area is 311 Å². The Morgan fingerprint density at radius 2 is 0.945 bits per heavy atom. The molecule has 0 bridgehead atoms. The third kappa shape index (κ3) is 4.75. The highest BCUT2D eigenvalue weighted by molar-refractivity contribution is 6.11. The molecule has 55 heavy (non-hydrogen) atoms. The Balaban J connectivity index is 1.16. The molecule has 11 rings (SSSR count). The van der Waals surface area contributed by atoms with E-state index in [1.165, 1.54) is 0 Å². The van der Waals surface area contributed by atoms with Gasteiger partial charge in [0.25, 0.3) is 0 Å². The fraction of sp³-hybridized carbons (Fsp3) is 0. The van der Waals surface area contributed by atoms with E-state index in [1.807, 2.05) is 103 Å². The Morgan fingerprint density at radius 3 is 1.60 bits per heavy atom. The standard InChI is InChI=1S/C47H26N4O4/c52-42-31-19-11-20-32(47-49-45(27-13-3-1-4-14-27)48-46(50-47)28-15-5-2-6-16-28)44(31)55-40-26-34-39(25-33(40)42)54-38-24-12-23-37(41(38)43(34)53)51-35-21-9-7-17-29(35)30-18-8-10-22-36(30)51/h1-26H. The zero-order valence-corrected chi connectivity index (χ0v) is 28.9. The smallest absolute Gasteiger partial charge is 0.202 e. The minimum absolute atomic E-state index is 0.232. The lowest BCUT2D eigenvalue weighted by molar-refractivity contribution is 0.652. The first-order valence-corrected chi connectivity index (χ1v) is 17.9. The first kappa shape index (κ1) is 30.9. The van der Waals surface area contributed by atoms with Crippen LogP contribution < -0.4 is 10.9 Å². The summed E-state index contributed by atoms with van der Waals surface area (Å²) in [6, 6.07) is 49.9. The monoisotopic (exact) mass is 710 g/mol. The maximum atomic E-state index is 14.7. The number of aromatic nitrogens is 4. The Kier molecular flexibility index (Phi) is 6.69. The number of fused-ring (bicyclic) bond motifs is 7. The molecule has 11 aromatic rings. The Morgan fingerprint density at radius 1 is 0.418 bits per heavy atom. The highest BCUT2D eigenvalue weighted by atomic mass is 16.3. The third-order valence-electron chi connectivity index (χ3n) is 10.3. The van der Waals surface area contributed by atoms with Gasteiger partial charge in [0.2, 0.25) is 10.9 Å². The predicted molar refractivity (Wildman–Crippen MR) is 218 cm³/mol. The van der Waals surface area contributed by atoms with Gasteiger partial charge in [-0.1, -0.05) is 109 Å². The maximum absolute atomic E-state index is 14.7. The van der Waals surface area contributed by atoms with Gasteiger partial charge in [0.15, 0.2) is 17.5 Å². The predicted octanol–water partition coefficient (Wildman–Crippen LogP) is 10.5. The number of nitrogens with zero attached hydrogens (tertiary/aromatic N) is 4. The lowest BCUT2D eigenvalue weighted by Gasteiger charge is -2.12. The van der Waals surface area contributed by atoms with E-state index in [2.05, 4.69) is 28.8 Å². The van der Waals surface area contributed by atoms with Gasteiger partial charge in [-0.25, -0.2) is 15.0 Å². The molecule has 8 heteroatoms. The van der Waals surface area contributed by atoms with E-state index in [4.69, 9.17) is 23.8 Å². The van der Waals surface area contributed by atoms with Crippen LogP contribution in [0.4, 0.5) is 0 Å². The van der Waals surface area contributed by atoms with Crippen molar-refractivity contribution in [2.45, 2.75) is 0 Å². The van der Waals surface area contributed by atoms with Crippen molar-refractivity contribution in [3.63, 3.8) is 0 Å². The summed E-state index contributed by atoms with van der Waals surface area (Å²) in [4.78, 5) is 43.5. The number of hydrogen-bond acceptors (Lipinski definition) is 7. The molecule has 0 radical (unpaired) electrons. The van der Waals surface area contributed by atoms with E-state index in [1.54, 1.807) is 30.3 Å². The van der Waals surface area contributed by atoms with Gasteiger partial charge in [0, 0.05) is 21.9 Å². The van der Waals surface area contributed by atoms with E-state index in [0.29, 0.717) is 67.0 Å². The molecule has 0 saturated carbocycles. The molecule has 258 valence electrons. The van der Waals surface area contributed by atoms with E-state index in [9.17, 15) is 9.59 Å². The molecule has 0 amide bonds. The maximum Gasteiger partial charge on any atom is 0.202 e. The Hall–Kier alpha value is -7.71. The normalized spacial score (nSPS) is 11.8. The van der Waals surface area contributed by atoms with Gasteiger partial charge in [-0.2, -0.15) is 0 Å². The molecule has 0 fully saturated rings. The second kappa shape index (κ2) is 11.9. The summed E-state index contributed by atoms with van der Waals surface area (Å²) in [7, 11) is 0. The van der Waals surface area contributed by atoms with Crippen LogP contribution in [0.2, 0.25) is 0 Å². The minimum atomic E-state index is -0.262. The van der Waals surface area contributed by atoms with Crippen molar-refractivity contribution in [3.8, 4) is 39.9 Å². The SMILES string of the molecule is O=c1c2cc3oc4cccc(-n5c6ccccc6c6ccccc65)c4c(=O)c3cc2oc2c(-c3nc(-c4ccccc4)nc(-c4ccccc4)n3)cccc12. The number of rotatable bonds is 4. The van der Waals surface area contributed by atoms with E-state index in [-0.39, 0.29) is 16.4 Å². The van der Waals surface area contributed by atoms with Crippen molar-refractivity contribution in [3.05, 3.63) is 178 Å².